The van der Waals surface area contributed by atoms with Crippen LogP contribution in [0.5, 0.6) is 5.75 Å². The van der Waals surface area contributed by atoms with Crippen molar-refractivity contribution in [2.75, 3.05) is 14.2 Å². The Kier molecular flexibility index (Phi) is 5.44. The smallest absolute Gasteiger partial charge is 0.281 e. The second-order valence-corrected chi connectivity index (χ2v) is 9.87. The number of hydrogen-bond donors (Lipinski definition) is 1. The highest BCUT2D eigenvalue weighted by Gasteiger charge is 2.61. The highest BCUT2D eigenvalue weighted by atomic mass is 16.5. The number of amidine groups is 1. The minimum atomic E-state index is -1.42. The molecule has 34 heavy (non-hydrogen) atoms. The highest BCUT2D eigenvalue weighted by molar-refractivity contribution is 6.39. The Morgan fingerprint density at radius 2 is 1.88 bits per heavy atom. The van der Waals surface area contributed by atoms with Crippen LogP contribution in [0.2, 0.25) is 0 Å². The molecule has 0 amide bonds. The van der Waals surface area contributed by atoms with Crippen molar-refractivity contribution in [3.05, 3.63) is 53.1 Å². The van der Waals surface area contributed by atoms with Crippen LogP contribution in [-0.2, 0) is 21.4 Å². The Hall–Kier alpha value is -2.91. The summed E-state index contributed by atoms with van der Waals surface area (Å²) in [5, 5.41) is 8.07. The zero-order valence-corrected chi connectivity index (χ0v) is 19.6. The maximum Gasteiger partial charge on any atom is 0.281 e. The summed E-state index contributed by atoms with van der Waals surface area (Å²) < 4.78 is 16.6. The molecule has 2 aromatic carbocycles. The first-order chi connectivity index (χ1) is 16.2. The average Bonchev–Trinajstić information content (AvgIpc) is 3.05. The van der Waals surface area contributed by atoms with Crippen LogP contribution in [-0.4, -0.2) is 47.4 Å². The predicted octanol–water partition coefficient (Wildman–Crippen LogP) is 3.29. The summed E-state index contributed by atoms with van der Waals surface area (Å²) in [6, 6.07) is 14.2. The summed E-state index contributed by atoms with van der Waals surface area (Å²) in [7, 11) is 16.1. The summed E-state index contributed by atoms with van der Waals surface area (Å²) in [4.78, 5) is 4.97. The molecule has 6 nitrogen and oxygen atoms in total. The molecular formula is C26H27B2N3O3. The Balaban J connectivity index is 1.67. The van der Waals surface area contributed by atoms with Crippen molar-refractivity contribution in [1.82, 2.24) is 0 Å². The van der Waals surface area contributed by atoms with Gasteiger partial charge in [0.05, 0.1) is 30.4 Å². The van der Waals surface area contributed by atoms with Gasteiger partial charge in [0.2, 0.25) is 0 Å². The third kappa shape index (κ3) is 3.58. The van der Waals surface area contributed by atoms with E-state index >= 15 is 0 Å². The number of nitrogens with two attached hydrogens (primary N) is 1. The van der Waals surface area contributed by atoms with Gasteiger partial charge in [-0.25, -0.2) is 4.99 Å². The van der Waals surface area contributed by atoms with Crippen molar-refractivity contribution in [2.24, 2.45) is 16.1 Å². The Bertz CT molecular complexity index is 1200. The van der Waals surface area contributed by atoms with Gasteiger partial charge in [0.1, 0.15) is 21.4 Å². The molecule has 3 aliphatic rings. The second kappa shape index (κ2) is 8.09. The van der Waals surface area contributed by atoms with E-state index in [0.717, 1.165) is 48.8 Å². The molecule has 2 spiro atoms. The number of methoxy groups -OCH3 is 2. The number of hydrogen-bond acceptors (Lipinski definition) is 6. The largest absolute Gasteiger partial charge is 0.497 e. The topological polar surface area (TPSA) is 89.9 Å². The first-order valence-corrected chi connectivity index (χ1v) is 11.6. The fourth-order valence-corrected chi connectivity index (χ4v) is 6.35. The molecular weight excluding hydrogens is 424 g/mol. The summed E-state index contributed by atoms with van der Waals surface area (Å²) in [6.45, 7) is 0. The molecule has 4 radical (unpaired) electrons. The number of fused-ring (bicyclic) bond motifs is 3. The lowest BCUT2D eigenvalue weighted by Crippen LogP contribution is -2.56. The maximum atomic E-state index is 9.49. The second-order valence-electron chi connectivity index (χ2n) is 9.87. The molecule has 2 aromatic rings. The third-order valence-electron chi connectivity index (χ3n) is 7.92. The van der Waals surface area contributed by atoms with E-state index < -0.39 is 10.9 Å². The molecule has 0 bridgehead atoms. The zero-order valence-electron chi connectivity index (χ0n) is 19.6. The number of benzene rings is 2. The Labute approximate surface area is 203 Å². The van der Waals surface area contributed by atoms with E-state index in [0.29, 0.717) is 17.7 Å². The molecule has 1 saturated carbocycles. The third-order valence-corrected chi connectivity index (χ3v) is 7.92. The van der Waals surface area contributed by atoms with Crippen molar-refractivity contribution in [1.29, 1.82) is 5.26 Å². The molecule has 2 N–H and O–H groups in total. The molecule has 5 rings (SSSR count). The van der Waals surface area contributed by atoms with Crippen molar-refractivity contribution >= 4 is 21.7 Å². The number of rotatable bonds is 3. The van der Waals surface area contributed by atoms with Crippen LogP contribution in [0.4, 0.5) is 0 Å². The summed E-state index contributed by atoms with van der Waals surface area (Å²) in [6.07, 6.45) is 5.19. The van der Waals surface area contributed by atoms with E-state index in [2.05, 4.69) is 24.3 Å². The van der Waals surface area contributed by atoms with Crippen LogP contribution in [0.25, 0.3) is 11.1 Å². The molecule has 2 aliphatic carbocycles. The minimum absolute atomic E-state index is 0.0240. The number of ether oxygens (including phenoxy) is 3. The van der Waals surface area contributed by atoms with Crippen LogP contribution in [0.3, 0.4) is 0 Å². The van der Waals surface area contributed by atoms with E-state index in [-0.39, 0.29) is 17.5 Å². The molecule has 1 aliphatic heterocycles. The summed E-state index contributed by atoms with van der Waals surface area (Å²) in [5.41, 5.74) is 10.0. The van der Waals surface area contributed by atoms with E-state index in [1.165, 1.54) is 5.56 Å². The van der Waals surface area contributed by atoms with Crippen LogP contribution >= 0.6 is 0 Å². The fourth-order valence-electron chi connectivity index (χ4n) is 6.35. The van der Waals surface area contributed by atoms with Crippen LogP contribution in [0.1, 0.15) is 48.8 Å². The van der Waals surface area contributed by atoms with Gasteiger partial charge < -0.3 is 19.9 Å². The quantitative estimate of drug-likeness (QED) is 0.724. The van der Waals surface area contributed by atoms with Crippen LogP contribution in [0, 0.1) is 16.7 Å². The molecule has 170 valence electrons. The van der Waals surface area contributed by atoms with Crippen molar-refractivity contribution in [3.8, 4) is 22.9 Å². The maximum absolute atomic E-state index is 9.49. The number of nitrogens with zero attached hydrogens (tertiary/aromatic N) is 2. The van der Waals surface area contributed by atoms with Gasteiger partial charge in [0.15, 0.2) is 0 Å². The standard InChI is InChI=1S/C26H27B2N3O3/c1-32-20-5-7-24(8-6-20)13-18-4-3-17(19-9-16(14-29)10-21(11-19)33-2)12-22(18)25(24)15-26(27,28)34-23(30)31-25/h3-4,9-12,20H,5-8,13,15H2,1-2H3,(H2,30,31). The van der Waals surface area contributed by atoms with Crippen LogP contribution < -0.4 is 10.5 Å². The molecule has 1 unspecified atom stereocenters. The Morgan fingerprint density at radius 3 is 2.53 bits per heavy atom. The monoisotopic (exact) mass is 451 g/mol. The number of aliphatic imine (C=N–C) groups is 1. The van der Waals surface area contributed by atoms with Gasteiger partial charge in [0.25, 0.3) is 6.02 Å². The fraction of sp³-hybridized carbons (Fsp3) is 0.462. The molecule has 1 heterocycles. The predicted molar refractivity (Wildman–Crippen MR) is 132 cm³/mol. The molecule has 0 saturated heterocycles. The van der Waals surface area contributed by atoms with Gasteiger partial charge in [-0.1, -0.05) is 12.1 Å². The first kappa shape index (κ1) is 22.9. The van der Waals surface area contributed by atoms with Gasteiger partial charge in [-0.2, -0.15) is 5.26 Å². The van der Waals surface area contributed by atoms with E-state index in [1.54, 1.807) is 20.3 Å². The summed E-state index contributed by atoms with van der Waals surface area (Å²) in [5.74, 6) is 0.634. The average molecular weight is 451 g/mol. The normalized spacial score (nSPS) is 29.2. The molecule has 0 aromatic heterocycles. The van der Waals surface area contributed by atoms with E-state index in [9.17, 15) is 5.26 Å². The van der Waals surface area contributed by atoms with Gasteiger partial charge in [0, 0.05) is 17.9 Å². The summed E-state index contributed by atoms with van der Waals surface area (Å²) >= 11 is 0. The zero-order chi connectivity index (χ0) is 24.1. The number of nitriles is 1. The van der Waals surface area contributed by atoms with Gasteiger partial charge in [-0.15, -0.1) is 0 Å². The van der Waals surface area contributed by atoms with E-state index in [4.69, 9.17) is 40.6 Å². The molecule has 1 atom stereocenters. The lowest BCUT2D eigenvalue weighted by Gasteiger charge is -2.52. The minimum Gasteiger partial charge on any atom is -0.497 e. The van der Waals surface area contributed by atoms with Crippen molar-refractivity contribution < 1.29 is 14.2 Å². The van der Waals surface area contributed by atoms with E-state index in [1.807, 2.05) is 12.1 Å². The van der Waals surface area contributed by atoms with Crippen molar-refractivity contribution in [2.45, 2.75) is 55.6 Å². The highest BCUT2D eigenvalue weighted by Crippen LogP contribution is 2.63. The molecule has 1 fully saturated rings. The molecule has 8 heteroatoms. The SMILES string of the molecule is [B]C1([B])CC2(N=C(N)O1)c1cc(-c3cc(C#N)cc(OC)c3)ccc1CC21CCC(OC)CC1. The first-order valence-electron chi connectivity index (χ1n) is 11.6. The lowest BCUT2D eigenvalue weighted by atomic mass is 9.52. The van der Waals surface area contributed by atoms with Gasteiger partial charge in [-0.05, 0) is 85.0 Å². The van der Waals surface area contributed by atoms with Gasteiger partial charge in [-0.3, -0.25) is 0 Å². The lowest BCUT2D eigenvalue weighted by molar-refractivity contribution is -0.0226. The van der Waals surface area contributed by atoms with Crippen LogP contribution in [0.15, 0.2) is 41.4 Å². The van der Waals surface area contributed by atoms with Gasteiger partial charge >= 0.3 is 0 Å². The Morgan fingerprint density at radius 1 is 1.12 bits per heavy atom. The van der Waals surface area contributed by atoms with Crippen molar-refractivity contribution in [3.63, 3.8) is 0 Å².